The lowest BCUT2D eigenvalue weighted by molar-refractivity contribution is 0.829. The van der Waals surface area contributed by atoms with Crippen molar-refractivity contribution in [2.75, 3.05) is 0 Å². The maximum Gasteiger partial charge on any atom is 0.0278 e. The average Bonchev–Trinajstić information content (AvgIpc) is 2.60. The van der Waals surface area contributed by atoms with Crippen molar-refractivity contribution in [3.63, 3.8) is 0 Å². The summed E-state index contributed by atoms with van der Waals surface area (Å²) in [5, 5.41) is 5.01. The van der Waals surface area contributed by atoms with Gasteiger partial charge in [0.1, 0.15) is 0 Å². The minimum atomic E-state index is -0.0115. The highest BCUT2D eigenvalue weighted by atomic mass is 14.6. The van der Waals surface area contributed by atoms with Crippen molar-refractivity contribution in [1.82, 2.24) is 0 Å². The molecular formula is C22H19N. The molecule has 0 amide bonds. The lowest BCUT2D eigenvalue weighted by Crippen LogP contribution is -2.07. The van der Waals surface area contributed by atoms with Crippen molar-refractivity contribution >= 4 is 21.5 Å². The van der Waals surface area contributed by atoms with Crippen LogP contribution in [0, 0.1) is 0 Å². The molecule has 0 saturated heterocycles. The van der Waals surface area contributed by atoms with Gasteiger partial charge >= 0.3 is 0 Å². The normalized spacial score (nSPS) is 12.6. The molecule has 0 aliphatic carbocycles. The van der Waals surface area contributed by atoms with Gasteiger partial charge in [0.2, 0.25) is 0 Å². The van der Waals surface area contributed by atoms with E-state index in [1.54, 1.807) is 0 Å². The number of fused-ring (bicyclic) bond motifs is 2. The number of nitrogens with two attached hydrogens (primary N) is 1. The molecular weight excluding hydrogens is 278 g/mol. The number of rotatable bonds is 2. The molecule has 112 valence electrons. The predicted molar refractivity (Wildman–Crippen MR) is 99.5 cm³/mol. The summed E-state index contributed by atoms with van der Waals surface area (Å²) in [5.41, 5.74) is 10.0. The smallest absolute Gasteiger partial charge is 0.0278 e. The van der Waals surface area contributed by atoms with Gasteiger partial charge in [-0.1, -0.05) is 72.8 Å². The summed E-state index contributed by atoms with van der Waals surface area (Å²) in [4.78, 5) is 0. The van der Waals surface area contributed by atoms with Gasteiger partial charge in [-0.3, -0.25) is 0 Å². The summed E-state index contributed by atoms with van der Waals surface area (Å²) in [7, 11) is 0. The molecule has 23 heavy (non-hydrogen) atoms. The van der Waals surface area contributed by atoms with Crippen molar-refractivity contribution in [1.29, 1.82) is 0 Å². The number of hydrogen-bond donors (Lipinski definition) is 1. The van der Waals surface area contributed by atoms with E-state index in [4.69, 9.17) is 5.73 Å². The highest BCUT2D eigenvalue weighted by Gasteiger charge is 2.13. The molecule has 0 bridgehead atoms. The fraction of sp³-hybridized carbons (Fsp3) is 0.0909. The van der Waals surface area contributed by atoms with Gasteiger partial charge in [0.15, 0.2) is 0 Å². The van der Waals surface area contributed by atoms with Gasteiger partial charge in [0.25, 0.3) is 0 Å². The van der Waals surface area contributed by atoms with Gasteiger partial charge in [-0.25, -0.2) is 0 Å². The second-order valence-corrected chi connectivity index (χ2v) is 6.10. The molecule has 4 rings (SSSR count). The van der Waals surface area contributed by atoms with Crippen molar-refractivity contribution in [2.24, 2.45) is 5.73 Å². The van der Waals surface area contributed by atoms with Gasteiger partial charge in [-0.2, -0.15) is 0 Å². The number of benzene rings is 4. The van der Waals surface area contributed by atoms with Crippen LogP contribution in [0.5, 0.6) is 0 Å². The van der Waals surface area contributed by atoms with Gasteiger partial charge < -0.3 is 5.73 Å². The quantitative estimate of drug-likeness (QED) is 0.506. The van der Waals surface area contributed by atoms with Crippen LogP contribution in [0.3, 0.4) is 0 Å². The van der Waals surface area contributed by atoms with Crippen LogP contribution >= 0.6 is 0 Å². The Labute approximate surface area is 136 Å². The molecule has 1 nitrogen and oxygen atoms in total. The second kappa shape index (κ2) is 5.53. The largest absolute Gasteiger partial charge is 0.324 e. The highest BCUT2D eigenvalue weighted by Crippen LogP contribution is 2.35. The predicted octanol–water partition coefficient (Wildman–Crippen LogP) is 5.68. The van der Waals surface area contributed by atoms with Crippen molar-refractivity contribution in [2.45, 2.75) is 13.0 Å². The molecule has 1 heteroatoms. The SMILES string of the molecule is C[C@@H](N)c1c(-c2ccc3ccccc3c2)ccc2ccccc12. The molecule has 0 aliphatic heterocycles. The van der Waals surface area contributed by atoms with Crippen LogP contribution < -0.4 is 5.73 Å². The Hall–Kier alpha value is -2.64. The lowest BCUT2D eigenvalue weighted by atomic mass is 9.90. The Morgan fingerprint density at radius 1 is 0.696 bits per heavy atom. The third-order valence-electron chi connectivity index (χ3n) is 4.49. The number of hydrogen-bond acceptors (Lipinski definition) is 1. The van der Waals surface area contributed by atoms with E-state index in [0.29, 0.717) is 0 Å². The summed E-state index contributed by atoms with van der Waals surface area (Å²) in [6.07, 6.45) is 0. The first-order valence-electron chi connectivity index (χ1n) is 8.00. The fourth-order valence-corrected chi connectivity index (χ4v) is 3.39. The van der Waals surface area contributed by atoms with Crippen LogP contribution in [0.15, 0.2) is 78.9 Å². The molecule has 0 fully saturated rings. The first kappa shape index (κ1) is 14.0. The molecule has 0 spiro atoms. The lowest BCUT2D eigenvalue weighted by Gasteiger charge is -2.17. The van der Waals surface area contributed by atoms with E-state index in [9.17, 15) is 0 Å². The van der Waals surface area contributed by atoms with Crippen molar-refractivity contribution in [3.05, 3.63) is 84.4 Å². The van der Waals surface area contributed by atoms with Gasteiger partial charge in [-0.15, -0.1) is 0 Å². The zero-order valence-electron chi connectivity index (χ0n) is 13.2. The van der Waals surface area contributed by atoms with Gasteiger partial charge in [-0.05, 0) is 51.2 Å². The van der Waals surface area contributed by atoms with Crippen LogP contribution in [0.1, 0.15) is 18.5 Å². The molecule has 0 unspecified atom stereocenters. The Kier molecular flexibility index (Phi) is 3.36. The summed E-state index contributed by atoms with van der Waals surface area (Å²) < 4.78 is 0. The first-order valence-corrected chi connectivity index (χ1v) is 8.00. The van der Waals surface area contributed by atoms with Crippen LogP contribution in [0.25, 0.3) is 32.7 Å². The molecule has 0 saturated carbocycles. The van der Waals surface area contributed by atoms with E-state index in [0.717, 1.165) is 0 Å². The highest BCUT2D eigenvalue weighted by molar-refractivity contribution is 5.94. The standard InChI is InChI=1S/C22H19N/c1-15(23)22-20-9-5-4-7-17(20)12-13-21(22)19-11-10-16-6-2-3-8-18(16)14-19/h2-15H,23H2,1H3/t15-/m1/s1. The Bertz CT molecular complexity index is 999. The zero-order chi connectivity index (χ0) is 15.8. The van der Waals surface area contributed by atoms with Crippen LogP contribution in [-0.4, -0.2) is 0 Å². The van der Waals surface area contributed by atoms with E-state index in [1.807, 2.05) is 0 Å². The van der Waals surface area contributed by atoms with E-state index in [2.05, 4.69) is 85.8 Å². The molecule has 0 radical (unpaired) electrons. The molecule has 0 aliphatic rings. The summed E-state index contributed by atoms with van der Waals surface area (Å²) >= 11 is 0. The summed E-state index contributed by atoms with van der Waals surface area (Å²) in [5.74, 6) is 0. The summed E-state index contributed by atoms with van der Waals surface area (Å²) in [6.45, 7) is 2.06. The van der Waals surface area contributed by atoms with Crippen LogP contribution in [0.4, 0.5) is 0 Å². The Morgan fingerprint density at radius 2 is 1.35 bits per heavy atom. The monoisotopic (exact) mass is 297 g/mol. The topological polar surface area (TPSA) is 26.0 Å². The molecule has 0 heterocycles. The third-order valence-corrected chi connectivity index (χ3v) is 4.49. The van der Waals surface area contributed by atoms with E-state index < -0.39 is 0 Å². The fourth-order valence-electron chi connectivity index (χ4n) is 3.39. The minimum Gasteiger partial charge on any atom is -0.324 e. The zero-order valence-corrected chi connectivity index (χ0v) is 13.2. The molecule has 1 atom stereocenters. The van der Waals surface area contributed by atoms with E-state index in [-0.39, 0.29) is 6.04 Å². The second-order valence-electron chi connectivity index (χ2n) is 6.10. The van der Waals surface area contributed by atoms with Gasteiger partial charge in [0.05, 0.1) is 0 Å². The first-order chi connectivity index (χ1) is 11.2. The maximum absolute atomic E-state index is 6.33. The summed E-state index contributed by atoms with van der Waals surface area (Å²) in [6, 6.07) is 27.9. The van der Waals surface area contributed by atoms with E-state index >= 15 is 0 Å². The van der Waals surface area contributed by atoms with Crippen LogP contribution in [0.2, 0.25) is 0 Å². The van der Waals surface area contributed by atoms with E-state index in [1.165, 1.54) is 38.2 Å². The van der Waals surface area contributed by atoms with Crippen molar-refractivity contribution < 1.29 is 0 Å². The maximum atomic E-state index is 6.33. The molecule has 4 aromatic rings. The molecule has 0 aromatic heterocycles. The molecule has 2 N–H and O–H groups in total. The van der Waals surface area contributed by atoms with Gasteiger partial charge in [0, 0.05) is 6.04 Å². The molecule has 4 aromatic carbocycles. The minimum absolute atomic E-state index is 0.0115. The third kappa shape index (κ3) is 2.39. The Morgan fingerprint density at radius 3 is 2.13 bits per heavy atom. The average molecular weight is 297 g/mol. The Balaban J connectivity index is 2.01. The van der Waals surface area contributed by atoms with Crippen molar-refractivity contribution in [3.8, 4) is 11.1 Å². The van der Waals surface area contributed by atoms with Crippen LogP contribution in [-0.2, 0) is 0 Å².